The Kier molecular flexibility index (Phi) is 5.73. The first-order valence-corrected chi connectivity index (χ1v) is 7.78. The zero-order valence-electron chi connectivity index (χ0n) is 11.5. The Hall–Kier alpha value is -2.13. The Labute approximate surface area is 138 Å². The molecule has 0 spiro atoms. The van der Waals surface area contributed by atoms with Crippen molar-refractivity contribution in [2.24, 2.45) is 5.16 Å². The average molecular weight is 386 g/mol. The number of hydrogen-bond acceptors (Lipinski definition) is 6. The van der Waals surface area contributed by atoms with Crippen molar-refractivity contribution in [3.63, 3.8) is 0 Å². The minimum atomic E-state index is -0.572. The summed E-state index contributed by atoms with van der Waals surface area (Å²) in [5.41, 5.74) is 5.06. The second kappa shape index (κ2) is 7.76. The normalized spacial score (nSPS) is 11.1. The molecule has 2 rings (SSSR count). The summed E-state index contributed by atoms with van der Waals surface area (Å²) in [4.78, 5) is 29.0. The zero-order chi connectivity index (χ0) is 15.9. The van der Waals surface area contributed by atoms with Crippen LogP contribution in [0.1, 0.15) is 22.4 Å². The first-order chi connectivity index (χ1) is 10.6. The molecule has 0 saturated carbocycles. The van der Waals surface area contributed by atoms with E-state index in [4.69, 9.17) is 9.25 Å². The minimum Gasteiger partial charge on any atom is -0.444 e. The molecule has 0 atom stereocenters. The zero-order valence-corrected chi connectivity index (χ0v) is 13.9. The van der Waals surface area contributed by atoms with Gasteiger partial charge in [0.1, 0.15) is 0 Å². The van der Waals surface area contributed by atoms with Crippen molar-refractivity contribution in [3.8, 4) is 0 Å². The van der Waals surface area contributed by atoms with Crippen molar-refractivity contribution >= 4 is 44.8 Å². The SMILES string of the molecule is C/C(=N\OCC(=O)NNC(=O)c1ccc(Br)o1)c1cccs1. The highest BCUT2D eigenvalue weighted by Gasteiger charge is 2.11. The van der Waals surface area contributed by atoms with Gasteiger partial charge in [0.25, 0.3) is 5.91 Å². The van der Waals surface area contributed by atoms with Crippen LogP contribution in [0.5, 0.6) is 0 Å². The van der Waals surface area contributed by atoms with Gasteiger partial charge in [0.15, 0.2) is 17.0 Å². The number of amides is 2. The summed E-state index contributed by atoms with van der Waals surface area (Å²) in [6.07, 6.45) is 0. The Morgan fingerprint density at radius 1 is 1.36 bits per heavy atom. The Balaban J connectivity index is 1.72. The van der Waals surface area contributed by atoms with E-state index in [1.165, 1.54) is 17.4 Å². The molecule has 7 nitrogen and oxygen atoms in total. The smallest absolute Gasteiger partial charge is 0.305 e. The molecule has 2 heterocycles. The van der Waals surface area contributed by atoms with E-state index in [9.17, 15) is 9.59 Å². The Morgan fingerprint density at radius 3 is 2.82 bits per heavy atom. The molecule has 22 heavy (non-hydrogen) atoms. The second-order valence-electron chi connectivity index (χ2n) is 4.03. The molecule has 0 aliphatic carbocycles. The first kappa shape index (κ1) is 16.2. The third kappa shape index (κ3) is 4.71. The number of furan rings is 1. The number of rotatable bonds is 5. The fraction of sp³-hybridized carbons (Fsp3) is 0.154. The maximum absolute atomic E-state index is 11.6. The summed E-state index contributed by atoms with van der Waals surface area (Å²) in [5.74, 6) is -1.04. The van der Waals surface area contributed by atoms with Gasteiger partial charge in [-0.15, -0.1) is 11.3 Å². The van der Waals surface area contributed by atoms with Crippen LogP contribution in [0.2, 0.25) is 0 Å². The fourth-order valence-electron chi connectivity index (χ4n) is 1.38. The van der Waals surface area contributed by atoms with Gasteiger partial charge in [-0.3, -0.25) is 20.4 Å². The Bertz CT molecular complexity index is 681. The van der Waals surface area contributed by atoms with Crippen molar-refractivity contribution in [1.82, 2.24) is 10.9 Å². The van der Waals surface area contributed by atoms with E-state index in [1.807, 2.05) is 17.5 Å². The summed E-state index contributed by atoms with van der Waals surface area (Å²) in [6, 6.07) is 6.83. The number of thiophene rings is 1. The minimum absolute atomic E-state index is 0.0691. The quantitative estimate of drug-likeness (QED) is 0.609. The molecule has 0 fully saturated rings. The van der Waals surface area contributed by atoms with Gasteiger partial charge in [0, 0.05) is 0 Å². The lowest BCUT2D eigenvalue weighted by Gasteiger charge is -2.05. The lowest BCUT2D eigenvalue weighted by atomic mass is 10.3. The highest BCUT2D eigenvalue weighted by atomic mass is 79.9. The maximum Gasteiger partial charge on any atom is 0.305 e. The predicted molar refractivity (Wildman–Crippen MR) is 84.5 cm³/mol. The molecule has 2 aromatic heterocycles. The third-order valence-electron chi connectivity index (χ3n) is 2.39. The summed E-state index contributed by atoms with van der Waals surface area (Å²) in [5, 5.41) is 5.74. The van der Waals surface area contributed by atoms with Crippen molar-refractivity contribution in [2.75, 3.05) is 6.61 Å². The van der Waals surface area contributed by atoms with E-state index in [2.05, 4.69) is 31.9 Å². The number of carbonyl (C=O) groups is 2. The van der Waals surface area contributed by atoms with Gasteiger partial charge in [-0.25, -0.2) is 0 Å². The summed E-state index contributed by atoms with van der Waals surface area (Å²) in [6.45, 7) is 1.46. The number of carbonyl (C=O) groups excluding carboxylic acids is 2. The molecule has 0 saturated heterocycles. The van der Waals surface area contributed by atoms with Crippen molar-refractivity contribution in [3.05, 3.63) is 45.0 Å². The van der Waals surface area contributed by atoms with E-state index in [-0.39, 0.29) is 12.4 Å². The van der Waals surface area contributed by atoms with Gasteiger partial charge < -0.3 is 9.25 Å². The van der Waals surface area contributed by atoms with Crippen LogP contribution in [0.4, 0.5) is 0 Å². The van der Waals surface area contributed by atoms with Crippen LogP contribution in [0, 0.1) is 0 Å². The number of hydrazine groups is 1. The number of oxime groups is 1. The fourth-order valence-corrected chi connectivity index (χ4v) is 2.35. The van der Waals surface area contributed by atoms with Gasteiger partial charge in [0.2, 0.25) is 0 Å². The lowest BCUT2D eigenvalue weighted by Crippen LogP contribution is -2.43. The van der Waals surface area contributed by atoms with E-state index in [1.54, 1.807) is 13.0 Å². The Morgan fingerprint density at radius 2 is 2.18 bits per heavy atom. The molecule has 2 amide bonds. The molecule has 116 valence electrons. The van der Waals surface area contributed by atoms with Gasteiger partial charge in [0.05, 0.1) is 10.6 Å². The van der Waals surface area contributed by atoms with Crippen LogP contribution >= 0.6 is 27.3 Å². The summed E-state index contributed by atoms with van der Waals surface area (Å²) < 4.78 is 5.45. The number of nitrogens with one attached hydrogen (secondary N) is 2. The molecule has 0 aliphatic rings. The molecular formula is C13H12BrN3O4S. The summed E-state index contributed by atoms with van der Waals surface area (Å²) >= 11 is 4.60. The standard InChI is InChI=1S/C13H12BrN3O4S/c1-8(10-3-2-6-22-10)17-20-7-12(18)15-16-13(19)9-4-5-11(14)21-9/h2-6H,7H2,1H3,(H,15,18)(H,16,19)/b17-8+. The molecule has 0 bridgehead atoms. The third-order valence-corrected chi connectivity index (χ3v) is 3.79. The number of halogens is 1. The first-order valence-electron chi connectivity index (χ1n) is 6.11. The van der Waals surface area contributed by atoms with Gasteiger partial charge >= 0.3 is 5.91 Å². The van der Waals surface area contributed by atoms with Gasteiger partial charge in [-0.05, 0) is 46.4 Å². The summed E-state index contributed by atoms with van der Waals surface area (Å²) in [7, 11) is 0. The second-order valence-corrected chi connectivity index (χ2v) is 5.76. The van der Waals surface area contributed by atoms with Crippen LogP contribution in [-0.2, 0) is 9.63 Å². The van der Waals surface area contributed by atoms with E-state index in [0.717, 1.165) is 4.88 Å². The molecule has 0 aromatic carbocycles. The van der Waals surface area contributed by atoms with Crippen molar-refractivity contribution in [2.45, 2.75) is 6.92 Å². The van der Waals surface area contributed by atoms with Crippen LogP contribution in [-0.4, -0.2) is 24.1 Å². The van der Waals surface area contributed by atoms with Crippen molar-refractivity contribution < 1.29 is 18.8 Å². The lowest BCUT2D eigenvalue weighted by molar-refractivity contribution is -0.126. The predicted octanol–water partition coefficient (Wildman–Crippen LogP) is 2.31. The molecule has 2 aromatic rings. The maximum atomic E-state index is 11.6. The van der Waals surface area contributed by atoms with Crippen molar-refractivity contribution in [1.29, 1.82) is 0 Å². The number of hydrogen-bond donors (Lipinski definition) is 2. The molecule has 9 heteroatoms. The van der Waals surface area contributed by atoms with Crippen LogP contribution in [0.25, 0.3) is 0 Å². The number of nitrogens with zero attached hydrogens (tertiary/aromatic N) is 1. The van der Waals surface area contributed by atoms with Gasteiger partial charge in [-0.1, -0.05) is 11.2 Å². The van der Waals surface area contributed by atoms with Crippen LogP contribution in [0.15, 0.2) is 43.9 Å². The van der Waals surface area contributed by atoms with Crippen LogP contribution < -0.4 is 10.9 Å². The molecular weight excluding hydrogens is 374 g/mol. The molecule has 2 N–H and O–H groups in total. The molecule has 0 aliphatic heterocycles. The average Bonchev–Trinajstić information content (AvgIpc) is 3.15. The topological polar surface area (TPSA) is 92.9 Å². The van der Waals surface area contributed by atoms with Crippen LogP contribution in [0.3, 0.4) is 0 Å². The monoisotopic (exact) mass is 385 g/mol. The van der Waals surface area contributed by atoms with E-state index in [0.29, 0.717) is 10.4 Å². The largest absolute Gasteiger partial charge is 0.444 e. The molecule has 0 unspecified atom stereocenters. The van der Waals surface area contributed by atoms with E-state index < -0.39 is 11.8 Å². The highest BCUT2D eigenvalue weighted by Crippen LogP contribution is 2.13. The van der Waals surface area contributed by atoms with Gasteiger partial charge in [-0.2, -0.15) is 0 Å². The highest BCUT2D eigenvalue weighted by molar-refractivity contribution is 9.10. The van der Waals surface area contributed by atoms with E-state index >= 15 is 0 Å². The molecule has 0 radical (unpaired) electrons.